The van der Waals surface area contributed by atoms with Crippen molar-refractivity contribution in [1.29, 1.82) is 0 Å². The molecule has 1 amide bonds. The van der Waals surface area contributed by atoms with E-state index in [2.05, 4.69) is 10.3 Å². The molecule has 2 heterocycles. The highest BCUT2D eigenvalue weighted by atomic mass is 16.3. The number of aromatic hydroxyl groups is 1. The van der Waals surface area contributed by atoms with Gasteiger partial charge in [0.1, 0.15) is 11.5 Å². The van der Waals surface area contributed by atoms with Crippen LogP contribution in [0.4, 0.5) is 0 Å². The molecule has 0 atom stereocenters. The molecule has 0 aliphatic rings. The smallest absolute Gasteiger partial charge is 0.328 e. The van der Waals surface area contributed by atoms with Crippen LogP contribution in [-0.4, -0.2) is 26.9 Å². The maximum Gasteiger partial charge on any atom is 0.328 e. The molecule has 0 bridgehead atoms. The van der Waals surface area contributed by atoms with Crippen LogP contribution in [0, 0.1) is 0 Å². The highest BCUT2D eigenvalue weighted by molar-refractivity contribution is 5.98. The van der Waals surface area contributed by atoms with Gasteiger partial charge in [0, 0.05) is 18.8 Å². The second-order valence-electron chi connectivity index (χ2n) is 5.76. The van der Waals surface area contributed by atoms with E-state index in [1.807, 2.05) is 0 Å². The van der Waals surface area contributed by atoms with Crippen molar-refractivity contribution in [2.24, 2.45) is 7.05 Å². The zero-order chi connectivity index (χ0) is 19.6. The summed E-state index contributed by atoms with van der Waals surface area (Å²) in [6, 6.07) is 7.33. The first kappa shape index (κ1) is 17.9. The Labute approximate surface area is 151 Å². The summed E-state index contributed by atoms with van der Waals surface area (Å²) in [6.07, 6.45) is 1.88. The van der Waals surface area contributed by atoms with Crippen molar-refractivity contribution in [1.82, 2.24) is 14.9 Å². The molecule has 0 fully saturated rings. The van der Waals surface area contributed by atoms with Crippen LogP contribution in [0.15, 0.2) is 50.5 Å². The third-order valence-corrected chi connectivity index (χ3v) is 3.89. The Morgan fingerprint density at radius 1 is 1.30 bits per heavy atom. The van der Waals surface area contributed by atoms with Crippen LogP contribution in [-0.2, 0) is 13.6 Å². The number of rotatable bonds is 5. The molecule has 0 saturated carbocycles. The number of H-pyrrole nitrogens is 1. The molecule has 3 rings (SSSR count). The lowest BCUT2D eigenvalue weighted by atomic mass is 10.1. The van der Waals surface area contributed by atoms with Gasteiger partial charge in [0.05, 0.1) is 17.7 Å². The minimum absolute atomic E-state index is 0.0298. The van der Waals surface area contributed by atoms with Crippen molar-refractivity contribution in [3.05, 3.63) is 74.3 Å². The average Bonchev–Trinajstić information content (AvgIpc) is 3.13. The number of nitrogens with one attached hydrogen (secondary N) is 2. The van der Waals surface area contributed by atoms with Crippen molar-refractivity contribution < 1.29 is 19.1 Å². The number of carbonyl (C=O) groups is 2. The van der Waals surface area contributed by atoms with Gasteiger partial charge in [-0.1, -0.05) is 0 Å². The fraction of sp³-hybridized carbons (Fsp3) is 0.111. The van der Waals surface area contributed by atoms with Gasteiger partial charge in [0.15, 0.2) is 12.0 Å². The molecule has 9 nitrogen and oxygen atoms in total. The Morgan fingerprint density at radius 3 is 2.78 bits per heavy atom. The van der Waals surface area contributed by atoms with Crippen LogP contribution < -0.4 is 16.6 Å². The van der Waals surface area contributed by atoms with E-state index in [0.29, 0.717) is 17.6 Å². The third-order valence-electron chi connectivity index (χ3n) is 3.89. The number of phenols is 1. The molecule has 27 heavy (non-hydrogen) atoms. The summed E-state index contributed by atoms with van der Waals surface area (Å²) in [4.78, 5) is 48.4. The summed E-state index contributed by atoms with van der Waals surface area (Å²) in [7, 11) is 1.47. The number of benzene rings is 1. The van der Waals surface area contributed by atoms with Gasteiger partial charge in [0.25, 0.3) is 11.5 Å². The van der Waals surface area contributed by atoms with E-state index in [4.69, 9.17) is 4.42 Å². The molecule has 0 aliphatic heterocycles. The van der Waals surface area contributed by atoms with Crippen LogP contribution in [0.25, 0.3) is 11.3 Å². The van der Waals surface area contributed by atoms with Crippen LogP contribution >= 0.6 is 0 Å². The molecule has 0 saturated heterocycles. The average molecular weight is 369 g/mol. The van der Waals surface area contributed by atoms with E-state index in [1.165, 1.54) is 42.1 Å². The van der Waals surface area contributed by atoms with Gasteiger partial charge in [-0.15, -0.1) is 0 Å². The lowest BCUT2D eigenvalue weighted by Crippen LogP contribution is -2.33. The molecule has 0 spiro atoms. The topological polar surface area (TPSA) is 134 Å². The number of hydrogen-bond acceptors (Lipinski definition) is 6. The summed E-state index contributed by atoms with van der Waals surface area (Å²) >= 11 is 0. The van der Waals surface area contributed by atoms with Gasteiger partial charge in [-0.25, -0.2) is 4.79 Å². The summed E-state index contributed by atoms with van der Waals surface area (Å²) < 4.78 is 6.49. The highest BCUT2D eigenvalue weighted by Gasteiger charge is 2.15. The second kappa shape index (κ2) is 7.16. The number of carbonyl (C=O) groups excluding carboxylic acids is 2. The predicted octanol–water partition coefficient (Wildman–Crippen LogP) is 0.782. The van der Waals surface area contributed by atoms with E-state index >= 15 is 0 Å². The zero-order valence-electron chi connectivity index (χ0n) is 14.2. The Morgan fingerprint density at radius 2 is 2.07 bits per heavy atom. The molecule has 3 N–H and O–H groups in total. The number of aromatic amines is 1. The van der Waals surface area contributed by atoms with Crippen molar-refractivity contribution in [2.75, 3.05) is 0 Å². The van der Waals surface area contributed by atoms with E-state index in [0.717, 1.165) is 0 Å². The first-order chi connectivity index (χ1) is 12.9. The molecule has 1 aromatic carbocycles. The molecule has 9 heteroatoms. The Balaban J connectivity index is 1.83. The first-order valence-electron chi connectivity index (χ1n) is 7.84. The minimum atomic E-state index is -0.621. The van der Waals surface area contributed by atoms with Crippen LogP contribution in [0.5, 0.6) is 5.75 Å². The molecule has 0 aliphatic carbocycles. The van der Waals surface area contributed by atoms with Crippen LogP contribution in [0.3, 0.4) is 0 Å². The predicted molar refractivity (Wildman–Crippen MR) is 94.7 cm³/mol. The lowest BCUT2D eigenvalue weighted by Gasteiger charge is -2.08. The molecule has 0 unspecified atom stereocenters. The van der Waals surface area contributed by atoms with E-state index in [1.54, 1.807) is 6.07 Å². The van der Waals surface area contributed by atoms with E-state index in [-0.39, 0.29) is 29.2 Å². The fourth-order valence-electron chi connectivity index (χ4n) is 2.46. The second-order valence-corrected chi connectivity index (χ2v) is 5.76. The van der Waals surface area contributed by atoms with E-state index in [9.17, 15) is 24.3 Å². The number of hydrogen-bond donors (Lipinski definition) is 3. The monoisotopic (exact) mass is 369 g/mol. The number of aromatic nitrogens is 2. The van der Waals surface area contributed by atoms with Gasteiger partial charge < -0.3 is 19.4 Å². The van der Waals surface area contributed by atoms with Gasteiger partial charge in [-0.05, 0) is 30.3 Å². The van der Waals surface area contributed by atoms with Gasteiger partial charge >= 0.3 is 5.69 Å². The number of aryl methyl sites for hydroxylation is 1. The summed E-state index contributed by atoms with van der Waals surface area (Å²) in [5.41, 5.74) is -0.520. The zero-order valence-corrected chi connectivity index (χ0v) is 14.2. The normalized spacial score (nSPS) is 10.6. The molecule has 0 radical (unpaired) electrons. The van der Waals surface area contributed by atoms with Gasteiger partial charge in [-0.3, -0.25) is 19.4 Å². The van der Waals surface area contributed by atoms with Crippen LogP contribution in [0.2, 0.25) is 0 Å². The molecule has 2 aromatic heterocycles. The summed E-state index contributed by atoms with van der Waals surface area (Å²) in [6.45, 7) is -0.137. The van der Waals surface area contributed by atoms with Crippen LogP contribution in [0.1, 0.15) is 26.5 Å². The summed E-state index contributed by atoms with van der Waals surface area (Å²) in [5, 5.41) is 12.5. The first-order valence-corrected chi connectivity index (χ1v) is 7.84. The SMILES string of the molecule is Cn1cc(CNC(=O)c2cc(-c3ccc(C=O)o3)ccc2O)c(=O)[nH]c1=O. The number of phenolic OH excluding ortho intramolecular Hbond substituents is 1. The number of nitrogens with zero attached hydrogens (tertiary/aromatic N) is 1. The highest BCUT2D eigenvalue weighted by Crippen LogP contribution is 2.27. The van der Waals surface area contributed by atoms with Gasteiger partial charge in [0.2, 0.25) is 0 Å². The Kier molecular flexibility index (Phi) is 4.75. The molecular formula is C18H15N3O6. The lowest BCUT2D eigenvalue weighted by molar-refractivity contribution is 0.0947. The summed E-state index contributed by atoms with van der Waals surface area (Å²) in [5.74, 6) is -0.379. The largest absolute Gasteiger partial charge is 0.507 e. The maximum atomic E-state index is 12.4. The number of amides is 1. The molecule has 3 aromatic rings. The van der Waals surface area contributed by atoms with Crippen molar-refractivity contribution in [3.8, 4) is 17.1 Å². The quantitative estimate of drug-likeness (QED) is 0.569. The Bertz CT molecular complexity index is 1140. The number of aldehydes is 1. The van der Waals surface area contributed by atoms with Crippen molar-refractivity contribution in [2.45, 2.75) is 6.54 Å². The number of furan rings is 1. The minimum Gasteiger partial charge on any atom is -0.507 e. The molecular weight excluding hydrogens is 354 g/mol. The maximum absolute atomic E-state index is 12.4. The van der Waals surface area contributed by atoms with Crippen molar-refractivity contribution >= 4 is 12.2 Å². The third kappa shape index (κ3) is 3.71. The van der Waals surface area contributed by atoms with Crippen molar-refractivity contribution in [3.63, 3.8) is 0 Å². The van der Waals surface area contributed by atoms with E-state index < -0.39 is 17.2 Å². The standard InChI is InChI=1S/C18H15N3O6/c1-21-8-11(16(24)20-18(21)26)7-19-17(25)13-6-10(2-4-14(13)23)15-5-3-12(9-22)27-15/h2-6,8-9,23H,7H2,1H3,(H,19,25)(H,20,24,26). The fourth-order valence-corrected chi connectivity index (χ4v) is 2.46. The Hall–Kier alpha value is -3.88. The molecule has 138 valence electrons. The van der Waals surface area contributed by atoms with Gasteiger partial charge in [-0.2, -0.15) is 0 Å².